The van der Waals surface area contributed by atoms with Crippen LogP contribution >= 0.6 is 0 Å². The Hall–Kier alpha value is -7.96. The molecule has 72 heavy (non-hydrogen) atoms. The van der Waals surface area contributed by atoms with Gasteiger partial charge in [0, 0.05) is 57.3 Å². The molecule has 2 aliphatic rings. The minimum absolute atomic E-state index is 0.0948. The van der Waals surface area contributed by atoms with Gasteiger partial charge < -0.3 is 23.9 Å². The van der Waals surface area contributed by atoms with E-state index in [1.165, 1.54) is 38.8 Å². The summed E-state index contributed by atoms with van der Waals surface area (Å²) in [6.45, 7) is 22.3. The lowest BCUT2D eigenvalue weighted by Crippen LogP contribution is -2.59. The molecule has 9 aromatic carbocycles. The summed E-state index contributed by atoms with van der Waals surface area (Å²) in [4.78, 5) is 7.23. The summed E-state index contributed by atoms with van der Waals surface area (Å²) < 4.78 is 14.3. The average molecular weight is 938 g/mol. The van der Waals surface area contributed by atoms with Crippen LogP contribution in [-0.2, 0) is 10.8 Å². The van der Waals surface area contributed by atoms with E-state index in [9.17, 15) is 0 Å². The summed E-state index contributed by atoms with van der Waals surface area (Å²) in [6.07, 6.45) is 0. The zero-order valence-electron chi connectivity index (χ0n) is 43.1. The highest BCUT2D eigenvalue weighted by atomic mass is 16.5. The number of anilines is 9. The molecule has 0 saturated heterocycles. The molecule has 0 N–H and O–H groups in total. The Morgan fingerprint density at radius 2 is 0.972 bits per heavy atom. The summed E-state index contributed by atoms with van der Waals surface area (Å²) >= 11 is 0. The Kier molecular flexibility index (Phi) is 10.6. The molecule has 1 aromatic heterocycles. The predicted molar refractivity (Wildman–Crippen MR) is 305 cm³/mol. The third-order valence-electron chi connectivity index (χ3n) is 14.9. The van der Waals surface area contributed by atoms with Crippen LogP contribution in [0, 0.1) is 27.7 Å². The van der Waals surface area contributed by atoms with Crippen molar-refractivity contribution in [3.8, 4) is 11.5 Å². The lowest BCUT2D eigenvalue weighted by Gasteiger charge is -2.42. The highest BCUT2D eigenvalue weighted by Crippen LogP contribution is 2.50. The van der Waals surface area contributed by atoms with E-state index in [0.717, 1.165) is 95.5 Å². The molecule has 2 aliphatic heterocycles. The molecular weight excluding hydrogens is 878 g/mol. The number of para-hydroxylation sites is 1. The monoisotopic (exact) mass is 937 g/mol. The van der Waals surface area contributed by atoms with Crippen LogP contribution in [0.4, 0.5) is 51.2 Å². The number of rotatable bonds is 7. The summed E-state index contributed by atoms with van der Waals surface area (Å²) in [7, 11) is 0. The molecular formula is C66H60BN3O2. The highest BCUT2D eigenvalue weighted by molar-refractivity contribution is 6.99. The third-order valence-corrected chi connectivity index (χ3v) is 14.9. The van der Waals surface area contributed by atoms with Gasteiger partial charge in [-0.2, -0.15) is 0 Å². The van der Waals surface area contributed by atoms with E-state index >= 15 is 0 Å². The first-order valence-corrected chi connectivity index (χ1v) is 25.3. The van der Waals surface area contributed by atoms with Gasteiger partial charge in [0.15, 0.2) is 0 Å². The van der Waals surface area contributed by atoms with E-state index in [4.69, 9.17) is 9.15 Å². The van der Waals surface area contributed by atoms with Gasteiger partial charge in [0.25, 0.3) is 6.71 Å². The first-order chi connectivity index (χ1) is 34.6. The van der Waals surface area contributed by atoms with Crippen molar-refractivity contribution in [2.45, 2.75) is 80.1 Å². The van der Waals surface area contributed by atoms with E-state index in [1.807, 2.05) is 0 Å². The minimum atomic E-state index is -0.191. The topological polar surface area (TPSA) is 32.1 Å². The standard InChI is InChI=1S/C66H60BN3O2/c1-41-15-24-47(25-16-41)68(48-26-17-42(2)18-27-48)51-32-33-54-60(39-51)72-62-37-46(66(8,9)10)36-58-64(62)67(54)55-35-45(65(5,6)7)23-34-56(55)70(58)52-38-57(63-53-13-11-12-14-59(53)71-61(63)40-52)69(49-28-19-43(3)20-29-49)50-30-21-44(4)22-31-50/h11-40H,1-10H3. The highest BCUT2D eigenvalue weighted by Gasteiger charge is 2.44. The van der Waals surface area contributed by atoms with Crippen molar-refractivity contribution in [3.05, 3.63) is 215 Å². The van der Waals surface area contributed by atoms with Crippen molar-refractivity contribution in [1.29, 1.82) is 0 Å². The molecule has 0 spiro atoms. The van der Waals surface area contributed by atoms with Crippen molar-refractivity contribution < 1.29 is 9.15 Å². The molecule has 0 atom stereocenters. The molecule has 0 fully saturated rings. The second-order valence-corrected chi connectivity index (χ2v) is 22.2. The Labute approximate surface area is 425 Å². The van der Waals surface area contributed by atoms with Crippen molar-refractivity contribution in [2.24, 2.45) is 0 Å². The number of hydrogen-bond acceptors (Lipinski definition) is 5. The maximum Gasteiger partial charge on any atom is 0.256 e. The third kappa shape index (κ3) is 7.72. The molecule has 0 aliphatic carbocycles. The van der Waals surface area contributed by atoms with Crippen LogP contribution in [0.25, 0.3) is 21.9 Å². The van der Waals surface area contributed by atoms with Gasteiger partial charge in [-0.1, -0.05) is 149 Å². The van der Waals surface area contributed by atoms with Crippen molar-refractivity contribution in [1.82, 2.24) is 0 Å². The molecule has 3 heterocycles. The predicted octanol–water partition coefficient (Wildman–Crippen LogP) is 16.8. The number of hydrogen-bond donors (Lipinski definition) is 0. The first kappa shape index (κ1) is 45.2. The van der Waals surface area contributed by atoms with Crippen LogP contribution in [0.2, 0.25) is 0 Å². The summed E-state index contributed by atoms with van der Waals surface area (Å²) in [5, 5.41) is 2.14. The SMILES string of the molecule is Cc1ccc(N(c2ccc(C)cc2)c2ccc3c(c2)Oc2cc(C(C)(C)C)cc4c2B3c2cc(C(C)(C)C)ccc2N4c2cc(N(c3ccc(C)cc3)c3ccc(C)cc3)c3c(c2)oc2ccccc23)cc1. The maximum absolute atomic E-state index is 7.38. The van der Waals surface area contributed by atoms with E-state index in [-0.39, 0.29) is 17.5 Å². The summed E-state index contributed by atoms with van der Waals surface area (Å²) in [5.41, 5.74) is 21.9. The van der Waals surface area contributed by atoms with Gasteiger partial charge in [0.1, 0.15) is 22.7 Å². The molecule has 0 bridgehead atoms. The fraction of sp³-hybridized carbons (Fsp3) is 0.182. The molecule has 5 nitrogen and oxygen atoms in total. The first-order valence-electron chi connectivity index (χ1n) is 25.3. The molecule has 0 saturated carbocycles. The minimum Gasteiger partial charge on any atom is -0.458 e. The van der Waals surface area contributed by atoms with Crippen molar-refractivity contribution in [3.63, 3.8) is 0 Å². The van der Waals surface area contributed by atoms with Crippen LogP contribution in [0.15, 0.2) is 186 Å². The second kappa shape index (κ2) is 16.8. The molecule has 0 amide bonds. The molecule has 0 radical (unpaired) electrons. The van der Waals surface area contributed by atoms with Gasteiger partial charge in [-0.3, -0.25) is 0 Å². The fourth-order valence-corrected chi connectivity index (χ4v) is 10.8. The van der Waals surface area contributed by atoms with Gasteiger partial charge in [0.05, 0.1) is 16.8 Å². The number of fused-ring (bicyclic) bond motifs is 7. The van der Waals surface area contributed by atoms with E-state index < -0.39 is 0 Å². The van der Waals surface area contributed by atoms with Crippen LogP contribution < -0.4 is 35.8 Å². The van der Waals surface area contributed by atoms with Crippen LogP contribution in [0.1, 0.15) is 74.9 Å². The number of furan rings is 1. The Morgan fingerprint density at radius 1 is 0.431 bits per heavy atom. The van der Waals surface area contributed by atoms with Gasteiger partial charge in [-0.15, -0.1) is 0 Å². The zero-order valence-corrected chi connectivity index (χ0v) is 43.1. The Bertz CT molecular complexity index is 3640. The van der Waals surface area contributed by atoms with Crippen molar-refractivity contribution in [2.75, 3.05) is 14.7 Å². The maximum atomic E-state index is 7.38. The van der Waals surface area contributed by atoms with Gasteiger partial charge in [-0.25, -0.2) is 0 Å². The molecule has 354 valence electrons. The van der Waals surface area contributed by atoms with Gasteiger partial charge in [0.2, 0.25) is 0 Å². The van der Waals surface area contributed by atoms with E-state index in [1.54, 1.807) is 0 Å². The molecule has 12 rings (SSSR count). The quantitative estimate of drug-likeness (QED) is 0.149. The lowest BCUT2D eigenvalue weighted by molar-refractivity contribution is 0.483. The van der Waals surface area contributed by atoms with Crippen LogP contribution in [0.5, 0.6) is 11.5 Å². The Balaban J connectivity index is 1.12. The number of nitrogens with zero attached hydrogens (tertiary/aromatic N) is 3. The second-order valence-electron chi connectivity index (χ2n) is 22.2. The van der Waals surface area contributed by atoms with Crippen LogP contribution in [0.3, 0.4) is 0 Å². The molecule has 0 unspecified atom stereocenters. The lowest BCUT2D eigenvalue weighted by atomic mass is 9.34. The largest absolute Gasteiger partial charge is 0.458 e. The van der Waals surface area contributed by atoms with E-state index in [0.29, 0.717) is 0 Å². The molecule has 6 heteroatoms. The normalized spacial score (nSPS) is 12.9. The Morgan fingerprint density at radius 3 is 1.54 bits per heavy atom. The van der Waals surface area contributed by atoms with Crippen LogP contribution in [-0.4, -0.2) is 6.71 Å². The van der Waals surface area contributed by atoms with Crippen molar-refractivity contribution >= 4 is 96.2 Å². The van der Waals surface area contributed by atoms with Gasteiger partial charge in [-0.05, 0) is 151 Å². The smallest absolute Gasteiger partial charge is 0.256 e. The summed E-state index contributed by atoms with van der Waals surface area (Å²) in [6, 6.07) is 67.1. The van der Waals surface area contributed by atoms with E-state index in [2.05, 4.69) is 266 Å². The number of aryl methyl sites for hydroxylation is 4. The zero-order chi connectivity index (χ0) is 49.8. The fourth-order valence-electron chi connectivity index (χ4n) is 10.8. The number of benzene rings is 9. The summed E-state index contributed by atoms with van der Waals surface area (Å²) in [5.74, 6) is 1.75. The number of ether oxygens (including phenoxy) is 1. The average Bonchev–Trinajstić information content (AvgIpc) is 3.74. The molecule has 10 aromatic rings. The van der Waals surface area contributed by atoms with Gasteiger partial charge >= 0.3 is 0 Å².